The maximum Gasteiger partial charge on any atom is 0.343 e. The van der Waals surface area contributed by atoms with Crippen LogP contribution in [0.4, 0.5) is 0 Å². The molecule has 10 nitrogen and oxygen atoms in total. The first-order valence-electron chi connectivity index (χ1n) is 8.87. The van der Waals surface area contributed by atoms with Crippen LogP contribution in [0.2, 0.25) is 0 Å². The standard InChI is InChI=1S/C17H21N5O5S/c1-9-12(7-21-16(24)18-8-19-21)28-15-13(9)14(23)22(10-6-11(10)27-3)17(25)20(15)4-5-26-2/h8,10-11H,4-7H2,1-3H3,(H,18,19,24). The zero-order chi connectivity index (χ0) is 20.0. The number of nitrogens with one attached hydrogen (secondary N) is 1. The van der Waals surface area contributed by atoms with Gasteiger partial charge in [-0.25, -0.2) is 14.3 Å². The fourth-order valence-corrected chi connectivity index (χ4v) is 4.74. The number of fused-ring (bicyclic) bond motifs is 1. The molecule has 2 unspecified atom stereocenters. The van der Waals surface area contributed by atoms with E-state index in [1.807, 2.05) is 6.92 Å². The Labute approximate surface area is 162 Å². The largest absolute Gasteiger partial charge is 0.383 e. The number of methoxy groups -OCH3 is 2. The number of ether oxygens (including phenoxy) is 2. The number of H-pyrrole nitrogens is 1. The van der Waals surface area contributed by atoms with E-state index < -0.39 is 0 Å². The van der Waals surface area contributed by atoms with Gasteiger partial charge in [-0.15, -0.1) is 11.3 Å². The van der Waals surface area contributed by atoms with Crippen LogP contribution in [0, 0.1) is 6.92 Å². The number of aromatic nitrogens is 5. The second-order valence-corrected chi connectivity index (χ2v) is 7.85. The molecule has 0 spiro atoms. The average Bonchev–Trinajstić information content (AvgIpc) is 3.22. The van der Waals surface area contributed by atoms with Gasteiger partial charge in [-0.05, 0) is 18.9 Å². The van der Waals surface area contributed by atoms with Crippen molar-refractivity contribution in [3.8, 4) is 0 Å². The van der Waals surface area contributed by atoms with Crippen LogP contribution < -0.4 is 16.9 Å². The predicted molar refractivity (Wildman–Crippen MR) is 103 cm³/mol. The minimum atomic E-state index is -0.358. The highest BCUT2D eigenvalue weighted by atomic mass is 32.1. The first kappa shape index (κ1) is 18.8. The first-order chi connectivity index (χ1) is 13.5. The molecule has 1 N–H and O–H groups in total. The molecule has 1 aliphatic rings. The number of hydrogen-bond donors (Lipinski definition) is 1. The second kappa shape index (κ2) is 7.15. The van der Waals surface area contributed by atoms with E-state index in [1.165, 1.54) is 26.9 Å². The summed E-state index contributed by atoms with van der Waals surface area (Å²) in [4.78, 5) is 42.0. The van der Waals surface area contributed by atoms with Crippen molar-refractivity contribution >= 4 is 21.6 Å². The molecule has 1 saturated carbocycles. The van der Waals surface area contributed by atoms with Gasteiger partial charge in [-0.2, -0.15) is 5.10 Å². The summed E-state index contributed by atoms with van der Waals surface area (Å²) in [6.45, 7) is 2.74. The van der Waals surface area contributed by atoms with E-state index in [0.717, 1.165) is 10.4 Å². The lowest BCUT2D eigenvalue weighted by atomic mass is 10.2. The summed E-state index contributed by atoms with van der Waals surface area (Å²) < 4.78 is 14.6. The van der Waals surface area contributed by atoms with Gasteiger partial charge in [0.05, 0.1) is 37.2 Å². The minimum absolute atomic E-state index is 0.125. The van der Waals surface area contributed by atoms with Crippen molar-refractivity contribution in [3.63, 3.8) is 0 Å². The Hall–Kier alpha value is -2.50. The van der Waals surface area contributed by atoms with Crippen molar-refractivity contribution in [2.45, 2.75) is 38.6 Å². The molecule has 11 heteroatoms. The van der Waals surface area contributed by atoms with Gasteiger partial charge in [0.2, 0.25) is 0 Å². The Balaban J connectivity index is 1.92. The van der Waals surface area contributed by atoms with E-state index in [0.29, 0.717) is 29.8 Å². The number of hydrogen-bond acceptors (Lipinski definition) is 7. The third-order valence-electron chi connectivity index (χ3n) is 5.11. The maximum absolute atomic E-state index is 13.2. The van der Waals surface area contributed by atoms with Gasteiger partial charge in [0.15, 0.2) is 0 Å². The summed E-state index contributed by atoms with van der Waals surface area (Å²) in [5, 5.41) is 4.48. The monoisotopic (exact) mass is 407 g/mol. The Kier molecular flexibility index (Phi) is 4.81. The number of nitrogens with zero attached hydrogens (tertiary/aromatic N) is 4. The van der Waals surface area contributed by atoms with Gasteiger partial charge in [0.25, 0.3) is 5.56 Å². The lowest BCUT2D eigenvalue weighted by Gasteiger charge is -2.11. The summed E-state index contributed by atoms with van der Waals surface area (Å²) in [5.74, 6) is 0. The molecule has 0 amide bonds. The predicted octanol–water partition coefficient (Wildman–Crippen LogP) is 0.0724. The van der Waals surface area contributed by atoms with E-state index in [-0.39, 0.29) is 35.6 Å². The molecule has 0 saturated heterocycles. The highest BCUT2D eigenvalue weighted by Gasteiger charge is 2.42. The molecule has 3 heterocycles. The van der Waals surface area contributed by atoms with Crippen molar-refractivity contribution in [2.24, 2.45) is 0 Å². The van der Waals surface area contributed by atoms with Crippen LogP contribution in [-0.2, 0) is 22.6 Å². The fraction of sp³-hybridized carbons (Fsp3) is 0.529. The van der Waals surface area contributed by atoms with E-state index in [1.54, 1.807) is 18.8 Å². The third-order valence-corrected chi connectivity index (χ3v) is 6.41. The zero-order valence-electron chi connectivity index (χ0n) is 15.8. The lowest BCUT2D eigenvalue weighted by molar-refractivity contribution is 0.167. The van der Waals surface area contributed by atoms with Gasteiger partial charge >= 0.3 is 11.4 Å². The summed E-state index contributed by atoms with van der Waals surface area (Å²) in [5.41, 5.74) is -0.238. The number of rotatable bonds is 7. The molecule has 1 fully saturated rings. The molecule has 150 valence electrons. The van der Waals surface area contributed by atoms with E-state index in [9.17, 15) is 14.4 Å². The van der Waals surface area contributed by atoms with Crippen molar-refractivity contribution in [1.29, 1.82) is 0 Å². The quantitative estimate of drug-likeness (QED) is 0.593. The molecule has 2 atom stereocenters. The molecule has 3 aromatic rings. The molecule has 28 heavy (non-hydrogen) atoms. The number of aromatic amines is 1. The molecule has 3 aromatic heterocycles. The van der Waals surface area contributed by atoms with Crippen LogP contribution in [0.15, 0.2) is 20.7 Å². The van der Waals surface area contributed by atoms with Gasteiger partial charge < -0.3 is 9.47 Å². The van der Waals surface area contributed by atoms with Crippen molar-refractivity contribution < 1.29 is 9.47 Å². The molecule has 0 aliphatic heterocycles. The Morgan fingerprint density at radius 2 is 2.11 bits per heavy atom. The maximum atomic E-state index is 13.2. The lowest BCUT2D eigenvalue weighted by Crippen LogP contribution is -2.40. The zero-order valence-corrected chi connectivity index (χ0v) is 16.6. The van der Waals surface area contributed by atoms with Crippen LogP contribution in [0.5, 0.6) is 0 Å². The Bertz CT molecular complexity index is 1200. The van der Waals surface area contributed by atoms with E-state index in [2.05, 4.69) is 10.1 Å². The van der Waals surface area contributed by atoms with E-state index in [4.69, 9.17) is 9.47 Å². The van der Waals surface area contributed by atoms with Crippen LogP contribution in [-0.4, -0.2) is 50.8 Å². The van der Waals surface area contributed by atoms with E-state index >= 15 is 0 Å². The summed E-state index contributed by atoms with van der Waals surface area (Å²) in [6, 6.07) is -0.250. The van der Waals surface area contributed by atoms with Crippen molar-refractivity contribution in [2.75, 3.05) is 20.8 Å². The average molecular weight is 407 g/mol. The summed E-state index contributed by atoms with van der Waals surface area (Å²) in [6.07, 6.45) is 1.84. The van der Waals surface area contributed by atoms with Crippen molar-refractivity contribution in [3.05, 3.63) is 48.1 Å². The van der Waals surface area contributed by atoms with Crippen molar-refractivity contribution in [1.82, 2.24) is 23.9 Å². The van der Waals surface area contributed by atoms with Crippen LogP contribution in [0.25, 0.3) is 10.2 Å². The van der Waals surface area contributed by atoms with Gasteiger partial charge in [0.1, 0.15) is 11.2 Å². The minimum Gasteiger partial charge on any atom is -0.383 e. The molecular formula is C17H21N5O5S. The molecule has 1 aliphatic carbocycles. The highest BCUT2D eigenvalue weighted by molar-refractivity contribution is 7.18. The second-order valence-electron chi connectivity index (χ2n) is 6.76. The summed E-state index contributed by atoms with van der Waals surface area (Å²) in [7, 11) is 3.14. The fourth-order valence-electron chi connectivity index (χ4n) is 3.45. The molecule has 0 aromatic carbocycles. The highest BCUT2D eigenvalue weighted by Crippen LogP contribution is 2.37. The molecule has 0 bridgehead atoms. The number of thiophene rings is 1. The molecule has 0 radical (unpaired) electrons. The van der Waals surface area contributed by atoms with Crippen LogP contribution >= 0.6 is 11.3 Å². The smallest absolute Gasteiger partial charge is 0.343 e. The van der Waals surface area contributed by atoms with Crippen LogP contribution in [0.1, 0.15) is 22.9 Å². The topological polar surface area (TPSA) is 113 Å². The Morgan fingerprint density at radius 3 is 2.71 bits per heavy atom. The Morgan fingerprint density at radius 1 is 1.32 bits per heavy atom. The number of aryl methyl sites for hydroxylation is 1. The van der Waals surface area contributed by atoms with Gasteiger partial charge in [0, 0.05) is 19.1 Å². The van der Waals surface area contributed by atoms with Gasteiger partial charge in [-0.1, -0.05) is 0 Å². The normalized spacial score (nSPS) is 18.8. The third kappa shape index (κ3) is 2.95. The molecule has 4 rings (SSSR count). The summed E-state index contributed by atoms with van der Waals surface area (Å²) >= 11 is 1.33. The van der Waals surface area contributed by atoms with Gasteiger partial charge in [-0.3, -0.25) is 18.9 Å². The SMILES string of the molecule is COCCn1c(=O)n(C2CC2OC)c(=O)c2c(C)c(Cn3nc[nH]c3=O)sc21. The first-order valence-corrected chi connectivity index (χ1v) is 9.69. The molecular weight excluding hydrogens is 386 g/mol. The van der Waals surface area contributed by atoms with Crippen LogP contribution in [0.3, 0.4) is 0 Å².